The first-order valence-electron chi connectivity index (χ1n) is 14.5. The van der Waals surface area contributed by atoms with Gasteiger partial charge in [-0.15, -0.1) is 0 Å². The number of likely N-dealkylation sites (tertiary alicyclic amines) is 1. The minimum Gasteiger partial charge on any atom is -0.497 e. The van der Waals surface area contributed by atoms with E-state index in [0.717, 1.165) is 36.5 Å². The first kappa shape index (κ1) is 27.1. The second kappa shape index (κ2) is 11.8. The Morgan fingerprint density at radius 2 is 1.66 bits per heavy atom. The number of fused-ring (bicyclic) bond motifs is 1. The summed E-state index contributed by atoms with van der Waals surface area (Å²) in [5.41, 5.74) is 5.96. The van der Waals surface area contributed by atoms with Crippen molar-refractivity contribution in [2.24, 2.45) is 0 Å². The molecule has 1 atom stereocenters. The number of piperidine rings is 2. The summed E-state index contributed by atoms with van der Waals surface area (Å²) in [6.45, 7) is 7.77. The van der Waals surface area contributed by atoms with Crippen molar-refractivity contribution in [1.82, 2.24) is 15.1 Å². The van der Waals surface area contributed by atoms with Crippen LogP contribution in [0.25, 0.3) is 0 Å². The number of amides is 2. The molecule has 0 aromatic heterocycles. The van der Waals surface area contributed by atoms with Crippen LogP contribution < -0.4 is 14.8 Å². The number of hydrogen-bond donors (Lipinski definition) is 1. The van der Waals surface area contributed by atoms with Crippen LogP contribution in [0.1, 0.15) is 64.2 Å². The number of methoxy groups -OCH3 is 1. The molecule has 2 saturated heterocycles. The van der Waals surface area contributed by atoms with E-state index in [9.17, 15) is 9.59 Å². The molecule has 2 amide bonds. The van der Waals surface area contributed by atoms with E-state index in [2.05, 4.69) is 65.3 Å². The fourth-order valence-electron chi connectivity index (χ4n) is 6.23. The van der Waals surface area contributed by atoms with E-state index in [1.165, 1.54) is 24.0 Å². The van der Waals surface area contributed by atoms with Crippen LogP contribution in [-0.2, 0) is 24.5 Å². The molecule has 7 nitrogen and oxygen atoms in total. The van der Waals surface area contributed by atoms with Crippen molar-refractivity contribution >= 4 is 11.8 Å². The number of ether oxygens (including phenoxy) is 2. The van der Waals surface area contributed by atoms with Gasteiger partial charge in [0.05, 0.1) is 13.7 Å². The lowest BCUT2D eigenvalue weighted by Crippen LogP contribution is -2.49. The standard InChI is InChI=1S/C34H37N3O4/c1-23-6-15-31(33(38)35-23)37-21-30-29(34(37)39)4-3-5-32(30)41-22-25-9-7-24(8-10-25)20-36-18-16-27(17-19-36)26-11-13-28(40-2)14-12-26/h3-5,7-14,27,31H,1,6,15-22H2,2H3,(H,35,38). The summed E-state index contributed by atoms with van der Waals surface area (Å²) in [7, 11) is 1.71. The van der Waals surface area contributed by atoms with E-state index >= 15 is 0 Å². The maximum absolute atomic E-state index is 13.1. The highest BCUT2D eigenvalue weighted by Gasteiger charge is 2.39. The van der Waals surface area contributed by atoms with Crippen LogP contribution in [0.2, 0.25) is 0 Å². The van der Waals surface area contributed by atoms with Crippen molar-refractivity contribution in [3.63, 3.8) is 0 Å². The topological polar surface area (TPSA) is 71.1 Å². The average Bonchev–Trinajstić information content (AvgIpc) is 3.34. The lowest BCUT2D eigenvalue weighted by molar-refractivity contribution is -0.126. The molecule has 41 heavy (non-hydrogen) atoms. The zero-order valence-electron chi connectivity index (χ0n) is 23.6. The lowest BCUT2D eigenvalue weighted by Gasteiger charge is -2.32. The first-order chi connectivity index (χ1) is 20.0. The Morgan fingerprint density at radius 3 is 2.37 bits per heavy atom. The second-order valence-electron chi connectivity index (χ2n) is 11.3. The molecule has 0 saturated carbocycles. The highest BCUT2D eigenvalue weighted by atomic mass is 16.5. The quantitative estimate of drug-likeness (QED) is 0.406. The van der Waals surface area contributed by atoms with E-state index in [1.54, 1.807) is 12.0 Å². The SMILES string of the molecule is C=C1CCC(N2Cc3c(OCc4ccc(CN5CCC(c6ccc(OC)cc6)CC5)cc4)cccc3C2=O)C(=O)N1. The smallest absolute Gasteiger partial charge is 0.255 e. The van der Waals surface area contributed by atoms with E-state index in [-0.39, 0.29) is 11.8 Å². The molecule has 212 valence electrons. The summed E-state index contributed by atoms with van der Waals surface area (Å²) in [6.07, 6.45) is 3.60. The van der Waals surface area contributed by atoms with Crippen LogP contribution in [0.5, 0.6) is 11.5 Å². The Balaban J connectivity index is 1.02. The molecule has 0 radical (unpaired) electrons. The predicted octanol–water partition coefficient (Wildman–Crippen LogP) is 5.40. The van der Waals surface area contributed by atoms with Gasteiger partial charge >= 0.3 is 0 Å². The fraction of sp³-hybridized carbons (Fsp3) is 0.353. The molecule has 0 bridgehead atoms. The molecule has 2 fully saturated rings. The van der Waals surface area contributed by atoms with E-state index in [0.29, 0.717) is 48.9 Å². The normalized spacial score (nSPS) is 19.7. The van der Waals surface area contributed by atoms with Gasteiger partial charge in [0.25, 0.3) is 5.91 Å². The highest BCUT2D eigenvalue weighted by molar-refractivity contribution is 6.02. The van der Waals surface area contributed by atoms with Gasteiger partial charge in [-0.25, -0.2) is 0 Å². The number of hydrogen-bond acceptors (Lipinski definition) is 5. The summed E-state index contributed by atoms with van der Waals surface area (Å²) in [5.74, 6) is 1.94. The molecule has 0 spiro atoms. The fourth-order valence-corrected chi connectivity index (χ4v) is 6.23. The van der Waals surface area contributed by atoms with E-state index in [1.807, 2.05) is 18.2 Å². The van der Waals surface area contributed by atoms with Crippen LogP contribution in [0.3, 0.4) is 0 Å². The Bertz CT molecular complexity index is 1430. The van der Waals surface area contributed by atoms with Gasteiger partial charge in [-0.1, -0.05) is 49.0 Å². The Morgan fingerprint density at radius 1 is 0.927 bits per heavy atom. The van der Waals surface area contributed by atoms with Crippen LogP contribution in [-0.4, -0.2) is 47.9 Å². The minimum atomic E-state index is -0.478. The Kier molecular flexibility index (Phi) is 7.79. The molecule has 1 unspecified atom stereocenters. The van der Waals surface area contributed by atoms with Gasteiger partial charge < -0.3 is 19.7 Å². The van der Waals surface area contributed by atoms with Crippen molar-refractivity contribution < 1.29 is 19.1 Å². The third-order valence-electron chi connectivity index (χ3n) is 8.65. The first-order valence-corrected chi connectivity index (χ1v) is 14.5. The molecule has 0 aliphatic carbocycles. The third-order valence-corrected chi connectivity index (χ3v) is 8.65. The monoisotopic (exact) mass is 551 g/mol. The predicted molar refractivity (Wildman–Crippen MR) is 158 cm³/mol. The van der Waals surface area contributed by atoms with Gasteiger partial charge in [0.2, 0.25) is 5.91 Å². The molecular formula is C34H37N3O4. The molecule has 3 aliphatic rings. The van der Waals surface area contributed by atoms with Gasteiger partial charge in [-0.3, -0.25) is 14.5 Å². The zero-order chi connectivity index (χ0) is 28.3. The molecule has 6 rings (SSSR count). The van der Waals surface area contributed by atoms with Crippen LogP contribution >= 0.6 is 0 Å². The van der Waals surface area contributed by atoms with Gasteiger partial charge in [0, 0.05) is 23.4 Å². The van der Waals surface area contributed by atoms with Gasteiger partial charge in [-0.2, -0.15) is 0 Å². The molecule has 3 aliphatic heterocycles. The van der Waals surface area contributed by atoms with Crippen LogP contribution in [0.4, 0.5) is 0 Å². The van der Waals surface area contributed by atoms with Crippen molar-refractivity contribution in [3.05, 3.63) is 107 Å². The number of benzene rings is 3. The third kappa shape index (κ3) is 5.86. The number of carbonyl (C=O) groups excluding carboxylic acids is 2. The van der Waals surface area contributed by atoms with Crippen LogP contribution in [0.15, 0.2) is 79.0 Å². The molecular weight excluding hydrogens is 514 g/mol. The van der Waals surface area contributed by atoms with Crippen LogP contribution in [0, 0.1) is 0 Å². The summed E-state index contributed by atoms with van der Waals surface area (Å²) >= 11 is 0. The average molecular weight is 552 g/mol. The second-order valence-corrected chi connectivity index (χ2v) is 11.3. The van der Waals surface area contributed by atoms with Gasteiger partial charge in [-0.05, 0) is 85.6 Å². The molecule has 7 heteroatoms. The lowest BCUT2D eigenvalue weighted by atomic mass is 9.89. The summed E-state index contributed by atoms with van der Waals surface area (Å²) < 4.78 is 11.5. The number of nitrogens with zero attached hydrogens (tertiary/aromatic N) is 2. The zero-order valence-corrected chi connectivity index (χ0v) is 23.6. The maximum Gasteiger partial charge on any atom is 0.255 e. The molecule has 3 heterocycles. The molecule has 3 aromatic carbocycles. The van der Waals surface area contributed by atoms with E-state index in [4.69, 9.17) is 9.47 Å². The maximum atomic E-state index is 13.1. The number of rotatable bonds is 8. The van der Waals surface area contributed by atoms with Crippen molar-refractivity contribution in [3.8, 4) is 11.5 Å². The number of allylic oxidation sites excluding steroid dienone is 1. The summed E-state index contributed by atoms with van der Waals surface area (Å²) in [4.78, 5) is 29.8. The van der Waals surface area contributed by atoms with Gasteiger partial charge in [0.1, 0.15) is 24.1 Å². The summed E-state index contributed by atoms with van der Waals surface area (Å²) in [6, 6.07) is 22.2. The number of nitrogens with one attached hydrogen (secondary N) is 1. The van der Waals surface area contributed by atoms with Crippen molar-refractivity contribution in [1.29, 1.82) is 0 Å². The molecule has 1 N–H and O–H groups in total. The van der Waals surface area contributed by atoms with Crippen molar-refractivity contribution in [2.75, 3.05) is 20.2 Å². The Labute approximate surface area is 241 Å². The van der Waals surface area contributed by atoms with Gasteiger partial charge in [0.15, 0.2) is 0 Å². The molecule has 3 aromatic rings. The Hall–Kier alpha value is -4.10. The van der Waals surface area contributed by atoms with E-state index < -0.39 is 6.04 Å². The summed E-state index contributed by atoms with van der Waals surface area (Å²) in [5, 5.41) is 2.79. The largest absolute Gasteiger partial charge is 0.497 e. The van der Waals surface area contributed by atoms with Crippen molar-refractivity contribution in [2.45, 2.75) is 57.3 Å². The highest BCUT2D eigenvalue weighted by Crippen LogP contribution is 2.34. The minimum absolute atomic E-state index is 0.115. The number of carbonyl (C=O) groups is 2.